The van der Waals surface area contributed by atoms with Crippen LogP contribution in [0.4, 0.5) is 13.2 Å². The molecule has 1 aromatic rings. The maximum absolute atomic E-state index is 13.2. The number of alkyl halides is 3. The van der Waals surface area contributed by atoms with Crippen LogP contribution in [-0.4, -0.2) is 79.3 Å². The van der Waals surface area contributed by atoms with E-state index in [1.807, 2.05) is 7.05 Å². The Morgan fingerprint density at radius 1 is 1.13 bits per heavy atom. The largest absolute Gasteiger partial charge is 0.490 e. The van der Waals surface area contributed by atoms with Crippen LogP contribution in [0.2, 0.25) is 0 Å². The number of hydrogen-bond acceptors (Lipinski definition) is 9. The Morgan fingerprint density at radius 3 is 2.29 bits per heavy atom. The Hall–Kier alpha value is -3.56. The van der Waals surface area contributed by atoms with Crippen LogP contribution in [0.1, 0.15) is 47.2 Å². The number of benzene rings is 1. The van der Waals surface area contributed by atoms with Crippen molar-refractivity contribution in [1.82, 2.24) is 10.6 Å². The van der Waals surface area contributed by atoms with Gasteiger partial charge in [0.15, 0.2) is 12.4 Å². The number of halogens is 3. The summed E-state index contributed by atoms with van der Waals surface area (Å²) in [5.74, 6) is -4.67. The predicted octanol–water partition coefficient (Wildman–Crippen LogP) is 1.16. The van der Waals surface area contributed by atoms with Crippen LogP contribution in [0.15, 0.2) is 18.2 Å². The summed E-state index contributed by atoms with van der Waals surface area (Å²) in [5.41, 5.74) is -0.955. The lowest BCUT2D eigenvalue weighted by atomic mass is 9.87. The number of rotatable bonds is 12. The van der Waals surface area contributed by atoms with E-state index in [2.05, 4.69) is 10.6 Å². The van der Waals surface area contributed by atoms with Gasteiger partial charge in [0.05, 0.1) is 6.54 Å². The summed E-state index contributed by atoms with van der Waals surface area (Å²) in [6.07, 6.45) is -1.75. The van der Waals surface area contributed by atoms with Crippen LogP contribution in [0.5, 0.6) is 0 Å². The molecule has 1 atom stereocenters. The summed E-state index contributed by atoms with van der Waals surface area (Å²) in [7, 11) is 1.90. The van der Waals surface area contributed by atoms with Crippen LogP contribution in [0.25, 0.3) is 0 Å². The first kappa shape index (κ1) is 30.7. The number of ketones is 1. The van der Waals surface area contributed by atoms with E-state index in [4.69, 9.17) is 29.5 Å². The average Bonchev–Trinajstić information content (AvgIpc) is 3.52. The minimum absolute atomic E-state index is 0.181. The molecule has 0 spiro atoms. The van der Waals surface area contributed by atoms with Crippen molar-refractivity contribution in [2.45, 2.75) is 43.6 Å². The Kier molecular flexibility index (Phi) is 10.7. The lowest BCUT2D eigenvalue weighted by molar-refractivity contribution is -0.335. The second-order valence-corrected chi connectivity index (χ2v) is 8.48. The van der Waals surface area contributed by atoms with Crippen molar-refractivity contribution in [2.24, 2.45) is 5.92 Å². The fraction of sp³-hybridized carbons (Fsp3) is 0.522. The summed E-state index contributed by atoms with van der Waals surface area (Å²) < 4.78 is 37.4. The van der Waals surface area contributed by atoms with Crippen molar-refractivity contribution in [2.75, 3.05) is 26.7 Å². The molecule has 1 unspecified atom stereocenters. The molecular formula is C23H27F3N2O10. The van der Waals surface area contributed by atoms with Gasteiger partial charge in [-0.05, 0) is 45.2 Å². The lowest BCUT2D eigenvalue weighted by Crippen LogP contribution is -2.35. The minimum atomic E-state index is -5.08. The number of ether oxygens (including phenoxy) is 1. The van der Waals surface area contributed by atoms with Gasteiger partial charge in [-0.25, -0.2) is 24.2 Å². The second-order valence-electron chi connectivity index (χ2n) is 8.48. The van der Waals surface area contributed by atoms with Crippen LogP contribution in [-0.2, 0) is 39.3 Å². The van der Waals surface area contributed by atoms with Crippen molar-refractivity contribution < 1.29 is 61.9 Å². The van der Waals surface area contributed by atoms with E-state index >= 15 is 0 Å². The lowest BCUT2D eigenvalue weighted by Gasteiger charge is -2.29. The maximum Gasteiger partial charge on any atom is 0.490 e. The molecule has 12 nitrogen and oxygen atoms in total. The topological polar surface area (TPSA) is 178 Å². The third kappa shape index (κ3) is 7.72. The SMILES string of the molecule is CNCC1CCC(OC(=O)C2(OOCC(=O)O)c3cccc(C(=O)CNC=O)c32)CC1.O=C(O)C(F)(F)F. The quantitative estimate of drug-likeness (QED) is 0.0969. The molecule has 210 valence electrons. The van der Waals surface area contributed by atoms with E-state index in [-0.39, 0.29) is 23.8 Å². The number of fused-ring (bicyclic) bond motifs is 1. The van der Waals surface area contributed by atoms with Crippen molar-refractivity contribution in [1.29, 1.82) is 0 Å². The highest BCUT2D eigenvalue weighted by Gasteiger charge is 2.64. The van der Waals surface area contributed by atoms with Gasteiger partial charge < -0.3 is 25.6 Å². The molecule has 15 heteroatoms. The summed E-state index contributed by atoms with van der Waals surface area (Å²) in [6.45, 7) is -0.132. The van der Waals surface area contributed by atoms with Gasteiger partial charge in [0.1, 0.15) is 6.10 Å². The van der Waals surface area contributed by atoms with Gasteiger partial charge in [0.25, 0.3) is 5.60 Å². The first-order valence-corrected chi connectivity index (χ1v) is 11.4. The van der Waals surface area contributed by atoms with Gasteiger partial charge in [-0.2, -0.15) is 13.2 Å². The number of carbonyl (C=O) groups is 5. The molecule has 0 saturated heterocycles. The number of carboxylic acids is 2. The number of carboxylic acid groups (broad SMARTS) is 2. The van der Waals surface area contributed by atoms with E-state index in [9.17, 15) is 32.3 Å². The zero-order chi connectivity index (χ0) is 28.5. The monoisotopic (exact) mass is 548 g/mol. The highest BCUT2D eigenvalue weighted by Crippen LogP contribution is 2.54. The summed E-state index contributed by atoms with van der Waals surface area (Å²) in [4.78, 5) is 65.9. The molecule has 0 radical (unpaired) electrons. The van der Waals surface area contributed by atoms with Gasteiger partial charge in [0.2, 0.25) is 6.41 Å². The molecular weight excluding hydrogens is 521 g/mol. The van der Waals surface area contributed by atoms with Crippen molar-refractivity contribution >= 4 is 30.1 Å². The molecule has 0 heterocycles. The van der Waals surface area contributed by atoms with Gasteiger partial charge in [0, 0.05) is 16.7 Å². The number of carbonyl (C=O) groups excluding carboxylic acids is 3. The smallest absolute Gasteiger partial charge is 0.479 e. The second kappa shape index (κ2) is 13.3. The first-order chi connectivity index (χ1) is 17.9. The Labute approximate surface area is 214 Å². The fourth-order valence-electron chi connectivity index (χ4n) is 4.08. The molecule has 2 aliphatic carbocycles. The zero-order valence-corrected chi connectivity index (χ0v) is 20.2. The molecule has 0 aliphatic heterocycles. The molecule has 1 saturated carbocycles. The number of amides is 1. The van der Waals surface area contributed by atoms with E-state index in [1.165, 1.54) is 6.07 Å². The fourth-order valence-corrected chi connectivity index (χ4v) is 4.08. The van der Waals surface area contributed by atoms with Crippen LogP contribution >= 0.6 is 0 Å². The Bertz CT molecular complexity index is 1040. The van der Waals surface area contributed by atoms with Crippen LogP contribution in [0.3, 0.4) is 0 Å². The third-order valence-electron chi connectivity index (χ3n) is 5.84. The average molecular weight is 548 g/mol. The highest BCUT2D eigenvalue weighted by atomic mass is 19.4. The summed E-state index contributed by atoms with van der Waals surface area (Å²) in [6, 6.07) is 4.67. The van der Waals surface area contributed by atoms with Crippen molar-refractivity contribution in [3.05, 3.63) is 34.9 Å². The Morgan fingerprint density at radius 2 is 1.76 bits per heavy atom. The van der Waals surface area contributed by atoms with E-state index in [0.717, 1.165) is 19.4 Å². The van der Waals surface area contributed by atoms with Crippen molar-refractivity contribution in [3.63, 3.8) is 0 Å². The molecule has 0 aromatic heterocycles. The predicted molar refractivity (Wildman–Crippen MR) is 120 cm³/mol. The molecule has 0 bridgehead atoms. The number of hydrogen-bond donors (Lipinski definition) is 4. The molecule has 3 rings (SSSR count). The maximum atomic E-state index is 13.2. The minimum Gasteiger partial charge on any atom is -0.479 e. The molecule has 1 fully saturated rings. The van der Waals surface area contributed by atoms with E-state index < -0.39 is 42.1 Å². The molecule has 1 amide bonds. The van der Waals surface area contributed by atoms with Gasteiger partial charge in [-0.15, -0.1) is 0 Å². The van der Waals surface area contributed by atoms with Crippen LogP contribution < -0.4 is 10.6 Å². The molecule has 4 N–H and O–H groups in total. The zero-order valence-electron chi connectivity index (χ0n) is 20.2. The Balaban J connectivity index is 0.000000638. The normalized spacial score (nSPS) is 21.7. The number of nitrogens with one attached hydrogen (secondary N) is 2. The van der Waals surface area contributed by atoms with Gasteiger partial charge in [-0.3, -0.25) is 9.59 Å². The molecule has 2 aliphatic rings. The highest BCUT2D eigenvalue weighted by molar-refractivity contribution is 6.07. The molecule has 38 heavy (non-hydrogen) atoms. The third-order valence-corrected chi connectivity index (χ3v) is 5.84. The van der Waals surface area contributed by atoms with Gasteiger partial charge in [-0.1, -0.05) is 18.2 Å². The van der Waals surface area contributed by atoms with E-state index in [0.29, 0.717) is 30.7 Å². The van der Waals surface area contributed by atoms with E-state index in [1.54, 1.807) is 12.1 Å². The van der Waals surface area contributed by atoms with Gasteiger partial charge >= 0.3 is 24.1 Å². The summed E-state index contributed by atoms with van der Waals surface area (Å²) in [5, 5.41) is 21.4. The first-order valence-electron chi connectivity index (χ1n) is 11.4. The number of aliphatic carboxylic acids is 2. The standard InChI is InChI=1S/C21H26N2O8.C2HF3O2/c1-22-9-13-5-7-14(8-6-13)30-20(28)21(31-29-11-18(26)27)16-4-2-3-15(19(16)21)17(25)10-23-12-24;3-2(4,5)1(6)7/h2-4,12-14,22H,5-11H2,1H3,(H,23,24)(H,26,27);(H,6,7). The number of Topliss-reactive ketones (excluding diaryl/α,β-unsaturated/α-hetero) is 1. The van der Waals surface area contributed by atoms with Crippen LogP contribution in [0, 0.1) is 5.92 Å². The summed E-state index contributed by atoms with van der Waals surface area (Å²) >= 11 is 0. The number of esters is 1. The molecule has 1 aromatic carbocycles. The van der Waals surface area contributed by atoms with Crippen molar-refractivity contribution in [3.8, 4) is 0 Å².